The summed E-state index contributed by atoms with van der Waals surface area (Å²) < 4.78 is 1.21. The summed E-state index contributed by atoms with van der Waals surface area (Å²) in [6.07, 6.45) is 6.55. The van der Waals surface area contributed by atoms with Crippen LogP contribution in [0.3, 0.4) is 0 Å². The van der Waals surface area contributed by atoms with Gasteiger partial charge in [0, 0.05) is 32.2 Å². The molecular weight excluding hydrogens is 472 g/mol. The van der Waals surface area contributed by atoms with Crippen molar-refractivity contribution in [2.75, 3.05) is 31.1 Å². The number of thiazole rings is 1. The van der Waals surface area contributed by atoms with Gasteiger partial charge in [0.15, 0.2) is 5.13 Å². The smallest absolute Gasteiger partial charge is 0.309 e. The molecule has 1 aromatic heterocycles. The lowest BCUT2D eigenvalue weighted by atomic mass is 9.48. The lowest BCUT2D eigenvalue weighted by molar-refractivity contribution is -0.166. The predicted molar refractivity (Wildman–Crippen MR) is 141 cm³/mol. The van der Waals surface area contributed by atoms with Gasteiger partial charge in [-0.25, -0.2) is 4.98 Å². The van der Waals surface area contributed by atoms with Crippen molar-refractivity contribution in [3.05, 3.63) is 24.3 Å². The van der Waals surface area contributed by atoms with E-state index < -0.39 is 16.9 Å². The Kier molecular flexibility index (Phi) is 5.73. The monoisotopic (exact) mass is 506 g/mol. The average Bonchev–Trinajstić information content (AvgIpc) is 3.29. The number of carboxylic acid groups (broad SMARTS) is 1. The summed E-state index contributed by atoms with van der Waals surface area (Å²) in [6, 6.07) is 8.46. The molecule has 8 nitrogen and oxygen atoms in total. The summed E-state index contributed by atoms with van der Waals surface area (Å²) in [6.45, 7) is 7.77. The summed E-state index contributed by atoms with van der Waals surface area (Å²) in [5, 5.41) is 24.3. The highest BCUT2D eigenvalue weighted by Gasteiger charge is 2.59. The SMILES string of the molecule is CC(C)(/C(=N/C#N)NC1C2CC3CC1CC(C(=O)O)(C3)C2)N1CCN(c2nc3ccccc3s2)CC1. The zero-order chi connectivity index (χ0) is 25.1. The lowest BCUT2D eigenvalue weighted by Gasteiger charge is -2.59. The number of amidine groups is 1. The number of hydrogen-bond acceptors (Lipinski definition) is 7. The fourth-order valence-corrected chi connectivity index (χ4v) is 8.69. The van der Waals surface area contributed by atoms with Crippen molar-refractivity contribution >= 4 is 38.5 Å². The Balaban J connectivity index is 1.15. The molecule has 5 aliphatic rings. The fraction of sp³-hybridized carbons (Fsp3) is 0.630. The Morgan fingerprint density at radius 2 is 1.89 bits per heavy atom. The molecule has 4 bridgehead atoms. The average molecular weight is 507 g/mol. The minimum atomic E-state index is -0.613. The second kappa shape index (κ2) is 8.70. The molecular formula is C27H34N6O2S. The lowest BCUT2D eigenvalue weighted by Crippen LogP contribution is -2.66. The van der Waals surface area contributed by atoms with Crippen LogP contribution in [0.2, 0.25) is 0 Å². The first kappa shape index (κ1) is 23.7. The third kappa shape index (κ3) is 3.86. The normalized spacial score (nSPS) is 32.6. The summed E-state index contributed by atoms with van der Waals surface area (Å²) in [5.74, 6) is 1.31. The second-order valence-electron chi connectivity index (χ2n) is 11.8. The highest BCUT2D eigenvalue weighted by Crippen LogP contribution is 2.60. The molecule has 0 radical (unpaired) electrons. The van der Waals surface area contributed by atoms with Crippen LogP contribution in [0.25, 0.3) is 10.2 Å². The third-order valence-electron chi connectivity index (χ3n) is 9.39. The van der Waals surface area contributed by atoms with Gasteiger partial charge in [0.05, 0.1) is 21.2 Å². The molecule has 1 saturated heterocycles. The van der Waals surface area contributed by atoms with E-state index >= 15 is 0 Å². The molecule has 36 heavy (non-hydrogen) atoms. The molecule has 2 aromatic rings. The molecule has 2 atom stereocenters. The van der Waals surface area contributed by atoms with E-state index in [4.69, 9.17) is 4.98 Å². The predicted octanol–water partition coefficient (Wildman–Crippen LogP) is 3.95. The third-order valence-corrected chi connectivity index (χ3v) is 10.5. The molecule has 1 aromatic carbocycles. The van der Waals surface area contributed by atoms with Crippen LogP contribution in [-0.4, -0.2) is 64.6 Å². The van der Waals surface area contributed by atoms with E-state index in [0.29, 0.717) is 17.8 Å². The highest BCUT2D eigenvalue weighted by molar-refractivity contribution is 7.22. The molecule has 2 heterocycles. The van der Waals surface area contributed by atoms with Crippen molar-refractivity contribution in [3.63, 3.8) is 0 Å². The number of benzene rings is 1. The number of aliphatic imine (C=N–C) groups is 1. The molecule has 4 saturated carbocycles. The van der Waals surface area contributed by atoms with Gasteiger partial charge in [-0.1, -0.05) is 23.5 Å². The van der Waals surface area contributed by atoms with E-state index in [2.05, 4.69) is 52.2 Å². The summed E-state index contributed by atoms with van der Waals surface area (Å²) in [7, 11) is 0. The second-order valence-corrected chi connectivity index (χ2v) is 12.8. The zero-order valence-electron chi connectivity index (χ0n) is 21.0. The van der Waals surface area contributed by atoms with Crippen LogP contribution >= 0.6 is 11.3 Å². The first-order chi connectivity index (χ1) is 17.3. The Bertz CT molecular complexity index is 1190. The quantitative estimate of drug-likeness (QED) is 0.359. The number of carbonyl (C=O) groups is 1. The van der Waals surface area contributed by atoms with Gasteiger partial charge < -0.3 is 15.3 Å². The molecule has 4 aliphatic carbocycles. The number of nitrogens with zero attached hydrogens (tertiary/aromatic N) is 5. The van der Waals surface area contributed by atoms with Crippen molar-refractivity contribution < 1.29 is 9.90 Å². The molecule has 0 amide bonds. The van der Waals surface area contributed by atoms with Gasteiger partial charge in [0.25, 0.3) is 0 Å². The van der Waals surface area contributed by atoms with E-state index in [1.54, 1.807) is 11.3 Å². The van der Waals surface area contributed by atoms with Crippen molar-refractivity contribution in [1.82, 2.24) is 15.2 Å². The summed E-state index contributed by atoms with van der Waals surface area (Å²) in [5.41, 5.74) is 0.0932. The van der Waals surface area contributed by atoms with E-state index in [9.17, 15) is 15.2 Å². The van der Waals surface area contributed by atoms with E-state index in [1.165, 1.54) is 4.70 Å². The Morgan fingerprint density at radius 1 is 1.19 bits per heavy atom. The molecule has 2 unspecified atom stereocenters. The highest BCUT2D eigenvalue weighted by atomic mass is 32.1. The van der Waals surface area contributed by atoms with Gasteiger partial charge in [0.1, 0.15) is 5.84 Å². The van der Waals surface area contributed by atoms with Gasteiger partial charge in [-0.05, 0) is 75.8 Å². The van der Waals surface area contributed by atoms with Crippen LogP contribution in [0.5, 0.6) is 0 Å². The van der Waals surface area contributed by atoms with Gasteiger partial charge in [-0.15, -0.1) is 0 Å². The van der Waals surface area contributed by atoms with Crippen LogP contribution < -0.4 is 10.2 Å². The molecule has 190 valence electrons. The van der Waals surface area contributed by atoms with Gasteiger partial charge in [-0.2, -0.15) is 10.3 Å². The number of rotatable bonds is 5. The zero-order valence-corrected chi connectivity index (χ0v) is 21.8. The maximum absolute atomic E-state index is 12.1. The van der Waals surface area contributed by atoms with E-state index in [0.717, 1.165) is 74.8 Å². The van der Waals surface area contributed by atoms with Gasteiger partial charge in [0.2, 0.25) is 6.19 Å². The van der Waals surface area contributed by atoms with Crippen molar-refractivity contribution in [3.8, 4) is 6.19 Å². The minimum absolute atomic E-state index is 0.199. The maximum Gasteiger partial charge on any atom is 0.309 e. The maximum atomic E-state index is 12.1. The van der Waals surface area contributed by atoms with Crippen molar-refractivity contribution in [2.24, 2.45) is 28.2 Å². The Labute approximate surface area is 216 Å². The van der Waals surface area contributed by atoms with Crippen LogP contribution in [0.1, 0.15) is 46.0 Å². The first-order valence-electron chi connectivity index (χ1n) is 13.1. The van der Waals surface area contributed by atoms with E-state index in [-0.39, 0.29) is 6.04 Å². The number of aromatic nitrogens is 1. The first-order valence-corrected chi connectivity index (χ1v) is 13.9. The Hall–Kier alpha value is -2.70. The number of anilines is 1. The Morgan fingerprint density at radius 3 is 2.53 bits per heavy atom. The van der Waals surface area contributed by atoms with Crippen molar-refractivity contribution in [1.29, 1.82) is 5.26 Å². The fourth-order valence-electron chi connectivity index (χ4n) is 7.68. The standard InChI is InChI=1S/C27H34N6O2S/c1-26(2,33-9-7-32(8-10-33)25-30-20-5-3-4-6-21(20)36-25)23(29-16-28)31-22-18-11-17-12-19(22)15-27(13-17,14-18)24(34)35/h3-6,17-19,22H,7-15H2,1-2H3,(H,29,31)(H,34,35). The number of piperazine rings is 1. The number of hydrogen-bond donors (Lipinski definition) is 2. The largest absolute Gasteiger partial charge is 0.481 e. The molecule has 9 heteroatoms. The van der Waals surface area contributed by atoms with Crippen LogP contribution in [-0.2, 0) is 4.79 Å². The molecule has 1 aliphatic heterocycles. The van der Waals surface area contributed by atoms with Crippen molar-refractivity contribution in [2.45, 2.75) is 57.5 Å². The van der Waals surface area contributed by atoms with E-state index in [1.807, 2.05) is 12.3 Å². The number of nitrogens with one attached hydrogen (secondary N) is 1. The van der Waals surface area contributed by atoms with Gasteiger partial charge in [-0.3, -0.25) is 9.69 Å². The minimum Gasteiger partial charge on any atom is -0.481 e. The number of fused-ring (bicyclic) bond motifs is 1. The number of carboxylic acids is 1. The molecule has 7 rings (SSSR count). The summed E-state index contributed by atoms with van der Waals surface area (Å²) in [4.78, 5) is 26.0. The van der Waals surface area contributed by atoms with Crippen LogP contribution in [0.15, 0.2) is 29.3 Å². The summed E-state index contributed by atoms with van der Waals surface area (Å²) >= 11 is 1.74. The number of nitriles is 1. The van der Waals surface area contributed by atoms with Gasteiger partial charge >= 0.3 is 5.97 Å². The topological polar surface area (TPSA) is 105 Å². The van der Waals surface area contributed by atoms with Crippen LogP contribution in [0.4, 0.5) is 5.13 Å². The molecule has 5 fully saturated rings. The molecule has 0 spiro atoms. The number of aliphatic carboxylic acids is 1. The van der Waals surface area contributed by atoms with Crippen LogP contribution in [0, 0.1) is 34.6 Å². The number of para-hydroxylation sites is 1. The molecule has 2 N–H and O–H groups in total.